The van der Waals surface area contributed by atoms with Crippen LogP contribution in [0.3, 0.4) is 0 Å². The maximum Gasteiger partial charge on any atom is 0.167 e. The minimum absolute atomic E-state index is 0.0967. The summed E-state index contributed by atoms with van der Waals surface area (Å²) in [6.45, 7) is 2.83. The Kier molecular flexibility index (Phi) is 3.34. The summed E-state index contributed by atoms with van der Waals surface area (Å²) in [6, 6.07) is 4.91. The molecule has 1 aromatic rings. The summed E-state index contributed by atoms with van der Waals surface area (Å²) in [5.74, 6) is -0.505. The molecule has 0 amide bonds. The van der Waals surface area contributed by atoms with Gasteiger partial charge in [-0.1, -0.05) is 11.6 Å². The monoisotopic (exact) mass is 221 g/mol. The van der Waals surface area contributed by atoms with E-state index in [0.29, 0.717) is 6.42 Å². The van der Waals surface area contributed by atoms with Crippen LogP contribution in [0, 0.1) is 12.7 Å². The maximum atomic E-state index is 13.5. The van der Waals surface area contributed by atoms with Gasteiger partial charge < -0.3 is 5.32 Å². The summed E-state index contributed by atoms with van der Waals surface area (Å²) in [7, 11) is 0. The second-order valence-corrected chi connectivity index (χ2v) is 4.40. The highest BCUT2D eigenvalue weighted by molar-refractivity contribution is 5.96. The molecule has 0 bridgehead atoms. The Morgan fingerprint density at radius 3 is 3.06 bits per heavy atom. The summed E-state index contributed by atoms with van der Waals surface area (Å²) in [5.41, 5.74) is 1.15. The zero-order valence-corrected chi connectivity index (χ0v) is 9.42. The molecule has 1 fully saturated rings. The quantitative estimate of drug-likeness (QED) is 0.794. The second kappa shape index (κ2) is 4.74. The zero-order chi connectivity index (χ0) is 11.5. The van der Waals surface area contributed by atoms with Gasteiger partial charge in [-0.15, -0.1) is 0 Å². The predicted octanol–water partition coefficient (Wildman–Crippen LogP) is 2.46. The average Bonchev–Trinajstić information content (AvgIpc) is 2.74. The molecule has 0 aromatic heterocycles. The Balaban J connectivity index is 2.10. The van der Waals surface area contributed by atoms with Crippen molar-refractivity contribution in [1.29, 1.82) is 0 Å². The molecule has 0 spiro atoms. The van der Waals surface area contributed by atoms with Crippen LogP contribution in [0.25, 0.3) is 0 Å². The summed E-state index contributed by atoms with van der Waals surface area (Å²) < 4.78 is 13.5. The molecule has 2 nitrogen and oxygen atoms in total. The molecule has 1 aromatic carbocycles. The van der Waals surface area contributed by atoms with Gasteiger partial charge in [-0.3, -0.25) is 4.79 Å². The Morgan fingerprint density at radius 1 is 1.56 bits per heavy atom. The van der Waals surface area contributed by atoms with Crippen LogP contribution in [0.1, 0.15) is 35.2 Å². The molecule has 1 saturated heterocycles. The van der Waals surface area contributed by atoms with E-state index < -0.39 is 5.82 Å². The van der Waals surface area contributed by atoms with E-state index in [1.165, 1.54) is 6.07 Å². The highest BCUT2D eigenvalue weighted by Gasteiger charge is 2.20. The van der Waals surface area contributed by atoms with E-state index in [9.17, 15) is 9.18 Å². The van der Waals surface area contributed by atoms with Gasteiger partial charge in [0.05, 0.1) is 5.56 Å². The molecule has 1 N–H and O–H groups in total. The number of aryl methyl sites for hydroxylation is 1. The van der Waals surface area contributed by atoms with Crippen molar-refractivity contribution in [3.8, 4) is 0 Å². The molecular formula is C13H16FNO. The van der Waals surface area contributed by atoms with Crippen molar-refractivity contribution in [2.75, 3.05) is 6.54 Å². The van der Waals surface area contributed by atoms with Crippen LogP contribution in [0.4, 0.5) is 4.39 Å². The van der Waals surface area contributed by atoms with Crippen molar-refractivity contribution in [3.63, 3.8) is 0 Å². The number of halogens is 1. The number of Topliss-reactive ketones (excluding diaryl/α,β-unsaturated/α-hetero) is 1. The van der Waals surface area contributed by atoms with Crippen molar-refractivity contribution >= 4 is 5.78 Å². The minimum atomic E-state index is -0.409. The number of nitrogens with one attached hydrogen (secondary N) is 1. The first-order valence-electron chi connectivity index (χ1n) is 5.69. The molecule has 1 atom stereocenters. The van der Waals surface area contributed by atoms with Gasteiger partial charge in [0.25, 0.3) is 0 Å². The van der Waals surface area contributed by atoms with Crippen molar-refractivity contribution in [2.24, 2.45) is 0 Å². The van der Waals surface area contributed by atoms with Crippen LogP contribution in [0.15, 0.2) is 18.2 Å². The number of hydrogen-bond acceptors (Lipinski definition) is 2. The fourth-order valence-electron chi connectivity index (χ4n) is 2.12. The molecular weight excluding hydrogens is 205 g/mol. The van der Waals surface area contributed by atoms with Gasteiger partial charge in [-0.2, -0.15) is 0 Å². The van der Waals surface area contributed by atoms with Crippen LogP contribution in [-0.4, -0.2) is 18.4 Å². The second-order valence-electron chi connectivity index (χ2n) is 4.40. The number of benzene rings is 1. The molecule has 0 aliphatic carbocycles. The molecule has 16 heavy (non-hydrogen) atoms. The molecule has 2 rings (SSSR count). The van der Waals surface area contributed by atoms with Gasteiger partial charge in [0.2, 0.25) is 0 Å². The van der Waals surface area contributed by atoms with E-state index in [0.717, 1.165) is 24.9 Å². The summed E-state index contributed by atoms with van der Waals surface area (Å²) in [5, 5.41) is 3.25. The highest BCUT2D eigenvalue weighted by atomic mass is 19.1. The van der Waals surface area contributed by atoms with Gasteiger partial charge in [0.15, 0.2) is 5.78 Å². The van der Waals surface area contributed by atoms with Crippen LogP contribution in [-0.2, 0) is 0 Å². The van der Waals surface area contributed by atoms with Gasteiger partial charge in [-0.25, -0.2) is 4.39 Å². The Morgan fingerprint density at radius 2 is 2.38 bits per heavy atom. The van der Waals surface area contributed by atoms with Gasteiger partial charge in [0, 0.05) is 12.5 Å². The van der Waals surface area contributed by atoms with Gasteiger partial charge >= 0.3 is 0 Å². The Bertz CT molecular complexity index is 397. The van der Waals surface area contributed by atoms with E-state index >= 15 is 0 Å². The van der Waals surface area contributed by atoms with Gasteiger partial charge in [0.1, 0.15) is 5.82 Å². The topological polar surface area (TPSA) is 29.1 Å². The van der Waals surface area contributed by atoms with Crippen LogP contribution in [0.2, 0.25) is 0 Å². The van der Waals surface area contributed by atoms with E-state index in [1.807, 2.05) is 6.92 Å². The molecule has 3 heteroatoms. The van der Waals surface area contributed by atoms with E-state index in [1.54, 1.807) is 12.1 Å². The van der Waals surface area contributed by atoms with Gasteiger partial charge in [-0.05, 0) is 38.4 Å². The lowest BCUT2D eigenvalue weighted by molar-refractivity contribution is 0.0967. The minimum Gasteiger partial charge on any atom is -0.314 e. The first-order chi connectivity index (χ1) is 7.66. The molecule has 1 aliphatic heterocycles. The largest absolute Gasteiger partial charge is 0.314 e. The third kappa shape index (κ3) is 2.47. The third-order valence-electron chi connectivity index (χ3n) is 3.02. The molecule has 0 saturated carbocycles. The number of carbonyl (C=O) groups excluding carboxylic acids is 1. The number of rotatable bonds is 3. The van der Waals surface area contributed by atoms with Crippen LogP contribution >= 0.6 is 0 Å². The average molecular weight is 221 g/mol. The molecule has 1 unspecified atom stereocenters. The van der Waals surface area contributed by atoms with Crippen molar-refractivity contribution in [2.45, 2.75) is 32.2 Å². The predicted molar refractivity (Wildman–Crippen MR) is 61.1 cm³/mol. The highest BCUT2D eigenvalue weighted by Crippen LogP contribution is 2.16. The van der Waals surface area contributed by atoms with Crippen LogP contribution < -0.4 is 5.32 Å². The zero-order valence-electron chi connectivity index (χ0n) is 9.42. The summed E-state index contributed by atoms with van der Waals surface area (Å²) in [6.07, 6.45) is 2.52. The number of hydrogen-bond donors (Lipinski definition) is 1. The number of ketones is 1. The van der Waals surface area contributed by atoms with Crippen molar-refractivity contribution in [3.05, 3.63) is 35.1 Å². The van der Waals surface area contributed by atoms with Crippen LogP contribution in [0.5, 0.6) is 0 Å². The SMILES string of the molecule is Cc1ccc(F)c(C(=O)CC2CCCN2)c1. The Hall–Kier alpha value is -1.22. The first-order valence-corrected chi connectivity index (χ1v) is 5.69. The molecule has 0 radical (unpaired) electrons. The van der Waals surface area contributed by atoms with E-state index in [-0.39, 0.29) is 17.4 Å². The molecule has 1 aliphatic rings. The molecule has 1 heterocycles. The smallest absolute Gasteiger partial charge is 0.167 e. The fourth-order valence-corrected chi connectivity index (χ4v) is 2.12. The first kappa shape index (κ1) is 11.3. The normalized spacial score (nSPS) is 20.0. The lowest BCUT2D eigenvalue weighted by Gasteiger charge is -2.09. The van der Waals surface area contributed by atoms with E-state index in [4.69, 9.17) is 0 Å². The molecule has 86 valence electrons. The lowest BCUT2D eigenvalue weighted by atomic mass is 10.0. The van der Waals surface area contributed by atoms with Crippen molar-refractivity contribution in [1.82, 2.24) is 5.32 Å². The third-order valence-corrected chi connectivity index (χ3v) is 3.02. The standard InChI is InChI=1S/C13H16FNO/c1-9-4-5-12(14)11(7-9)13(16)8-10-3-2-6-15-10/h4-5,7,10,15H,2-3,6,8H2,1H3. The maximum absolute atomic E-state index is 13.5. The Labute approximate surface area is 94.9 Å². The lowest BCUT2D eigenvalue weighted by Crippen LogP contribution is -2.24. The summed E-state index contributed by atoms with van der Waals surface area (Å²) >= 11 is 0. The van der Waals surface area contributed by atoms with Crippen molar-refractivity contribution < 1.29 is 9.18 Å². The number of carbonyl (C=O) groups is 1. The van der Waals surface area contributed by atoms with E-state index in [2.05, 4.69) is 5.32 Å². The summed E-state index contributed by atoms with van der Waals surface area (Å²) in [4.78, 5) is 11.9. The fraction of sp³-hybridized carbons (Fsp3) is 0.462.